The second-order valence-corrected chi connectivity index (χ2v) is 4.80. The molecule has 1 N–H and O–H groups in total. The lowest BCUT2D eigenvalue weighted by atomic mass is 10.2. The van der Waals surface area contributed by atoms with Crippen LogP contribution in [0.2, 0.25) is 0 Å². The second kappa shape index (κ2) is 5.81. The molecule has 0 bridgehead atoms. The quantitative estimate of drug-likeness (QED) is 0.679. The molecule has 18 heavy (non-hydrogen) atoms. The van der Waals surface area contributed by atoms with Gasteiger partial charge in [0, 0.05) is 15.5 Å². The summed E-state index contributed by atoms with van der Waals surface area (Å²) in [5.74, 6) is 0.238. The highest BCUT2D eigenvalue weighted by atomic mass is 127. The Balaban J connectivity index is 2.19. The molecule has 0 fully saturated rings. The van der Waals surface area contributed by atoms with Gasteiger partial charge in [0.15, 0.2) is 0 Å². The molecule has 1 heterocycles. The van der Waals surface area contributed by atoms with E-state index in [1.807, 2.05) is 24.3 Å². The molecule has 0 spiro atoms. The van der Waals surface area contributed by atoms with Crippen LogP contribution in [0.25, 0.3) is 0 Å². The van der Waals surface area contributed by atoms with E-state index in [0.717, 1.165) is 9.26 Å². The van der Waals surface area contributed by atoms with Crippen molar-refractivity contribution in [3.63, 3.8) is 0 Å². The van der Waals surface area contributed by atoms with Crippen molar-refractivity contribution in [1.29, 1.82) is 0 Å². The maximum Gasteiger partial charge on any atom is 0.338 e. The fraction of sp³-hybridized carbons (Fsp3) is 0.0769. The third-order valence-corrected chi connectivity index (χ3v) is 3.02. The minimum absolute atomic E-state index is 0.372. The van der Waals surface area contributed by atoms with Gasteiger partial charge in [-0.15, -0.1) is 0 Å². The summed E-state index contributed by atoms with van der Waals surface area (Å²) in [6.07, 6.45) is 1.57. The van der Waals surface area contributed by atoms with Crippen molar-refractivity contribution < 1.29 is 9.53 Å². The zero-order valence-corrected chi connectivity index (χ0v) is 11.8. The molecule has 0 unspecified atom stereocenters. The molecule has 0 radical (unpaired) electrons. The number of nitrogens with zero attached hydrogens (tertiary/aromatic N) is 1. The molecule has 0 amide bonds. The van der Waals surface area contributed by atoms with Crippen LogP contribution in [0.15, 0.2) is 42.6 Å². The van der Waals surface area contributed by atoms with Crippen LogP contribution in [0, 0.1) is 3.57 Å². The number of carbonyl (C=O) groups is 1. The van der Waals surface area contributed by atoms with Gasteiger partial charge in [0.25, 0.3) is 0 Å². The number of carbonyl (C=O) groups excluding carboxylic acids is 1. The number of pyridine rings is 1. The van der Waals surface area contributed by atoms with Gasteiger partial charge in [-0.25, -0.2) is 9.78 Å². The number of benzene rings is 1. The first-order valence-electron chi connectivity index (χ1n) is 5.26. The number of rotatable bonds is 3. The molecule has 1 aromatic heterocycles. The first-order valence-corrected chi connectivity index (χ1v) is 6.34. The Bertz CT molecular complexity index is 555. The van der Waals surface area contributed by atoms with Crippen LogP contribution in [-0.2, 0) is 4.74 Å². The van der Waals surface area contributed by atoms with Crippen molar-refractivity contribution in [2.24, 2.45) is 0 Å². The van der Waals surface area contributed by atoms with Gasteiger partial charge in [0.05, 0.1) is 12.7 Å². The molecule has 0 saturated heterocycles. The van der Waals surface area contributed by atoms with E-state index >= 15 is 0 Å². The lowest BCUT2D eigenvalue weighted by Gasteiger charge is -2.06. The van der Waals surface area contributed by atoms with Crippen molar-refractivity contribution >= 4 is 40.1 Å². The molecule has 2 aromatic rings. The van der Waals surface area contributed by atoms with Gasteiger partial charge < -0.3 is 10.1 Å². The van der Waals surface area contributed by atoms with Crippen molar-refractivity contribution in [2.75, 3.05) is 12.4 Å². The number of methoxy groups -OCH3 is 1. The highest BCUT2D eigenvalue weighted by molar-refractivity contribution is 14.1. The topological polar surface area (TPSA) is 51.2 Å². The average molecular weight is 354 g/mol. The van der Waals surface area contributed by atoms with Crippen LogP contribution >= 0.6 is 22.6 Å². The molecule has 1 aromatic carbocycles. The lowest BCUT2D eigenvalue weighted by molar-refractivity contribution is 0.0600. The van der Waals surface area contributed by atoms with Gasteiger partial charge in [0.2, 0.25) is 0 Å². The van der Waals surface area contributed by atoms with E-state index < -0.39 is 0 Å². The van der Waals surface area contributed by atoms with Gasteiger partial charge in [-0.2, -0.15) is 0 Å². The predicted octanol–water partition coefficient (Wildman–Crippen LogP) is 3.22. The molecule has 0 aliphatic rings. The highest BCUT2D eigenvalue weighted by Crippen LogP contribution is 2.17. The number of nitrogens with one attached hydrogen (secondary N) is 1. The SMILES string of the molecule is COC(=O)c1ccnc(Nc2ccc(I)cc2)c1. The number of hydrogen-bond acceptors (Lipinski definition) is 4. The van der Waals surface area contributed by atoms with E-state index in [2.05, 4.69) is 37.6 Å². The summed E-state index contributed by atoms with van der Waals surface area (Å²) < 4.78 is 5.82. The fourth-order valence-electron chi connectivity index (χ4n) is 1.42. The summed E-state index contributed by atoms with van der Waals surface area (Å²) in [6.45, 7) is 0. The van der Waals surface area contributed by atoms with Crippen molar-refractivity contribution in [3.8, 4) is 0 Å². The number of aromatic nitrogens is 1. The van der Waals surface area contributed by atoms with E-state index in [-0.39, 0.29) is 5.97 Å². The Morgan fingerprint density at radius 3 is 2.67 bits per heavy atom. The molecule has 4 nitrogen and oxygen atoms in total. The minimum Gasteiger partial charge on any atom is -0.465 e. The Morgan fingerprint density at radius 1 is 1.28 bits per heavy atom. The third-order valence-electron chi connectivity index (χ3n) is 2.30. The first kappa shape index (κ1) is 12.8. The largest absolute Gasteiger partial charge is 0.465 e. The summed E-state index contributed by atoms with van der Waals surface area (Å²) in [6, 6.07) is 11.2. The summed E-state index contributed by atoms with van der Waals surface area (Å²) in [7, 11) is 1.36. The number of halogens is 1. The molecule has 0 atom stereocenters. The van der Waals surface area contributed by atoms with E-state index in [4.69, 9.17) is 0 Å². The summed E-state index contributed by atoms with van der Waals surface area (Å²) in [5.41, 5.74) is 1.39. The maximum atomic E-state index is 11.4. The van der Waals surface area contributed by atoms with E-state index in [9.17, 15) is 4.79 Å². The van der Waals surface area contributed by atoms with Crippen molar-refractivity contribution in [2.45, 2.75) is 0 Å². The van der Waals surface area contributed by atoms with Gasteiger partial charge in [0.1, 0.15) is 5.82 Å². The monoisotopic (exact) mass is 354 g/mol. The first-order chi connectivity index (χ1) is 8.69. The number of anilines is 2. The van der Waals surface area contributed by atoms with Crippen LogP contribution < -0.4 is 5.32 Å². The van der Waals surface area contributed by atoms with Crippen LogP contribution in [0.5, 0.6) is 0 Å². The van der Waals surface area contributed by atoms with Gasteiger partial charge in [-0.3, -0.25) is 0 Å². The van der Waals surface area contributed by atoms with Crippen molar-refractivity contribution in [3.05, 3.63) is 51.7 Å². The van der Waals surface area contributed by atoms with E-state index in [1.54, 1.807) is 18.3 Å². The fourth-order valence-corrected chi connectivity index (χ4v) is 1.78. The molecule has 0 saturated carbocycles. The smallest absolute Gasteiger partial charge is 0.338 e. The van der Waals surface area contributed by atoms with Crippen molar-refractivity contribution in [1.82, 2.24) is 4.98 Å². The van der Waals surface area contributed by atoms with Crippen LogP contribution in [-0.4, -0.2) is 18.1 Å². The molecule has 0 aliphatic carbocycles. The number of ether oxygens (including phenoxy) is 1. The number of hydrogen-bond donors (Lipinski definition) is 1. The lowest BCUT2D eigenvalue weighted by Crippen LogP contribution is -2.03. The van der Waals surface area contributed by atoms with E-state index in [1.165, 1.54) is 7.11 Å². The second-order valence-electron chi connectivity index (χ2n) is 3.55. The Morgan fingerprint density at radius 2 is 2.00 bits per heavy atom. The Labute approximate surface area is 119 Å². The highest BCUT2D eigenvalue weighted by Gasteiger charge is 2.06. The third kappa shape index (κ3) is 3.19. The van der Waals surface area contributed by atoms with Gasteiger partial charge in [-0.05, 0) is 59.0 Å². The van der Waals surface area contributed by atoms with Crippen LogP contribution in [0.3, 0.4) is 0 Å². The van der Waals surface area contributed by atoms with Crippen LogP contribution in [0.1, 0.15) is 10.4 Å². The van der Waals surface area contributed by atoms with Crippen LogP contribution in [0.4, 0.5) is 11.5 Å². The Kier molecular flexibility index (Phi) is 4.14. The summed E-state index contributed by atoms with van der Waals surface area (Å²) >= 11 is 2.24. The molecular weight excluding hydrogens is 343 g/mol. The summed E-state index contributed by atoms with van der Waals surface area (Å²) in [5, 5.41) is 3.13. The van der Waals surface area contributed by atoms with E-state index in [0.29, 0.717) is 11.4 Å². The molecule has 2 rings (SSSR count). The zero-order valence-electron chi connectivity index (χ0n) is 9.68. The molecule has 5 heteroatoms. The number of esters is 1. The summed E-state index contributed by atoms with van der Waals surface area (Å²) in [4.78, 5) is 15.5. The Hall–Kier alpha value is -1.63. The average Bonchev–Trinajstić information content (AvgIpc) is 2.41. The normalized spacial score (nSPS) is 9.89. The molecule has 0 aliphatic heterocycles. The minimum atomic E-state index is -0.372. The van der Waals surface area contributed by atoms with Gasteiger partial charge >= 0.3 is 5.97 Å². The maximum absolute atomic E-state index is 11.4. The molecular formula is C13H11IN2O2. The zero-order chi connectivity index (χ0) is 13.0. The standard InChI is InChI=1S/C13H11IN2O2/c1-18-13(17)9-6-7-15-12(8-9)16-11-4-2-10(14)3-5-11/h2-8H,1H3,(H,15,16). The predicted molar refractivity (Wildman–Crippen MR) is 78.0 cm³/mol. The molecule has 92 valence electrons. The van der Waals surface area contributed by atoms with Gasteiger partial charge in [-0.1, -0.05) is 0 Å².